The summed E-state index contributed by atoms with van der Waals surface area (Å²) in [7, 11) is -11.6. The van der Waals surface area contributed by atoms with E-state index in [9.17, 15) is 56.4 Å². The van der Waals surface area contributed by atoms with Crippen LogP contribution in [0.15, 0.2) is 84.9 Å². The van der Waals surface area contributed by atoms with Crippen molar-refractivity contribution in [1.29, 1.82) is 0 Å². The van der Waals surface area contributed by atoms with Crippen LogP contribution in [0.1, 0.15) is 63.1 Å². The Morgan fingerprint density at radius 2 is 1.19 bits per heavy atom. The number of hydrogen-bond acceptors (Lipinski definition) is 12. The van der Waals surface area contributed by atoms with Gasteiger partial charge in [0.25, 0.3) is 0 Å². The molecular weight excluding hydrogens is 978 g/mol. The molecule has 4 aromatic carbocycles. The van der Waals surface area contributed by atoms with E-state index in [0.717, 1.165) is 22.0 Å². The molecule has 0 bridgehead atoms. The van der Waals surface area contributed by atoms with Gasteiger partial charge in [-0.3, -0.25) is 9.03 Å². The van der Waals surface area contributed by atoms with Gasteiger partial charge in [0.15, 0.2) is 0 Å². The number of alkyl halides is 1. The van der Waals surface area contributed by atoms with Gasteiger partial charge >= 0.3 is 11.9 Å². The highest BCUT2D eigenvalue weighted by Crippen LogP contribution is 2.30. The van der Waals surface area contributed by atoms with Crippen LogP contribution in [0, 0.1) is 24.4 Å². The number of anilines is 2. The minimum Gasteiger partial charge on any atom is -0.465 e. The number of halogens is 4. The number of sulfone groups is 2. The fourth-order valence-electron chi connectivity index (χ4n) is 6.41. The number of benzene rings is 4. The zero-order chi connectivity index (χ0) is 46.8. The Kier molecular flexibility index (Phi) is 17.8. The standard InChI is InChI=1S/C21H24FNO6S2.C11H14FNO4S2.C9H8BrFO2/c1-15-4-3-5-18(12-15)23(31(27,28)19-8-10-30(25,26)11-9-19)14-17-7-6-16(13-20(17)22)21(24)29-2;12-9-2-1-3-10(8-9)13-19(16,17)11-4-6-18(14,15)7-5-11;1-13-9(12)6-2-3-7(5-10)8(11)4-6/h3-7,12-13,19H,8-11,14H2,1-2H3;1-3,8,11,13H,4-7H2;2-4H,5H2,1H3. The molecule has 4 aromatic rings. The van der Waals surface area contributed by atoms with Crippen LogP contribution in [0.5, 0.6) is 0 Å². The van der Waals surface area contributed by atoms with E-state index in [0.29, 0.717) is 16.6 Å². The molecule has 0 radical (unpaired) electrons. The number of carbonyl (C=O) groups excluding carboxylic acids is 2. The number of nitrogens with one attached hydrogen (secondary N) is 1. The van der Waals surface area contributed by atoms with Crippen LogP contribution >= 0.6 is 15.9 Å². The largest absolute Gasteiger partial charge is 0.465 e. The third kappa shape index (κ3) is 14.5. The smallest absolute Gasteiger partial charge is 0.337 e. The Morgan fingerprint density at radius 3 is 1.65 bits per heavy atom. The number of esters is 2. The number of aryl methyl sites for hydroxylation is 1. The van der Waals surface area contributed by atoms with Crippen molar-refractivity contribution in [3.05, 3.63) is 130 Å². The third-order valence-corrected chi connectivity index (χ3v) is 18.1. The van der Waals surface area contributed by atoms with Crippen molar-refractivity contribution >= 4 is 79.0 Å². The summed E-state index contributed by atoms with van der Waals surface area (Å²) in [5.74, 6) is -3.53. The van der Waals surface area contributed by atoms with Gasteiger partial charge in [-0.05, 0) is 98.3 Å². The third-order valence-electron chi connectivity index (χ3n) is 9.95. The maximum atomic E-state index is 14.7. The number of nitrogens with zero attached hydrogens (tertiary/aromatic N) is 1. The van der Waals surface area contributed by atoms with E-state index in [1.165, 1.54) is 56.7 Å². The first-order chi connectivity index (χ1) is 29.5. The molecule has 0 atom stereocenters. The SMILES string of the molecule is COC(=O)c1ccc(CBr)c(F)c1.COC(=O)c1ccc(CN(c2cccc(C)c2)S(=O)(=O)C2CCS(=O)(=O)CC2)c(F)c1.O=S1(=O)CCC(S(=O)(=O)Nc2cccc(F)c2)CC1. The highest BCUT2D eigenvalue weighted by atomic mass is 79.9. The lowest BCUT2D eigenvalue weighted by molar-refractivity contribution is 0.0591. The Hall–Kier alpha value is -4.51. The monoisotopic (exact) mass is 1020 g/mol. The van der Waals surface area contributed by atoms with Crippen LogP contribution in [0.4, 0.5) is 24.5 Å². The summed E-state index contributed by atoms with van der Waals surface area (Å²) < 4.78 is 150. The van der Waals surface area contributed by atoms with E-state index in [-0.39, 0.29) is 77.6 Å². The number of rotatable bonds is 11. The van der Waals surface area contributed by atoms with Gasteiger partial charge in [0.1, 0.15) is 37.1 Å². The number of sulfonamides is 2. The first-order valence-corrected chi connectivity index (χ1v) is 26.9. The molecule has 2 aliphatic rings. The highest BCUT2D eigenvalue weighted by Gasteiger charge is 2.38. The summed E-state index contributed by atoms with van der Waals surface area (Å²) in [5.41, 5.74) is 2.19. The topological polar surface area (TPSA) is 204 Å². The number of hydrogen-bond donors (Lipinski definition) is 1. The molecule has 344 valence electrons. The van der Waals surface area contributed by atoms with Gasteiger partial charge in [-0.1, -0.05) is 46.3 Å². The van der Waals surface area contributed by atoms with E-state index >= 15 is 0 Å². The van der Waals surface area contributed by atoms with Gasteiger partial charge < -0.3 is 9.47 Å². The summed E-state index contributed by atoms with van der Waals surface area (Å²) in [4.78, 5) is 22.6. The van der Waals surface area contributed by atoms with Crippen LogP contribution in [0.25, 0.3) is 0 Å². The Bertz CT molecular complexity index is 2710. The lowest BCUT2D eigenvalue weighted by Crippen LogP contribution is -2.42. The van der Waals surface area contributed by atoms with Crippen LogP contribution in [0.2, 0.25) is 0 Å². The van der Waals surface area contributed by atoms with Crippen molar-refractivity contribution in [2.24, 2.45) is 0 Å². The number of carbonyl (C=O) groups is 2. The quantitative estimate of drug-likeness (QED) is 0.127. The molecule has 0 amide bonds. The summed E-state index contributed by atoms with van der Waals surface area (Å²) in [6, 6.07) is 19.9. The molecule has 2 heterocycles. The van der Waals surface area contributed by atoms with Gasteiger partial charge in [0.2, 0.25) is 20.0 Å². The van der Waals surface area contributed by atoms with Crippen LogP contribution < -0.4 is 9.03 Å². The first kappa shape index (κ1) is 51.1. The summed E-state index contributed by atoms with van der Waals surface area (Å²) in [5, 5.41) is -1.20. The van der Waals surface area contributed by atoms with Gasteiger partial charge in [-0.15, -0.1) is 0 Å². The van der Waals surface area contributed by atoms with Gasteiger partial charge in [0, 0.05) is 10.9 Å². The molecule has 63 heavy (non-hydrogen) atoms. The fraction of sp³-hybridized carbons (Fsp3) is 0.366. The van der Waals surface area contributed by atoms with Crippen LogP contribution in [-0.2, 0) is 61.1 Å². The molecule has 14 nitrogen and oxygen atoms in total. The number of methoxy groups -OCH3 is 2. The van der Waals surface area contributed by atoms with E-state index in [4.69, 9.17) is 0 Å². The highest BCUT2D eigenvalue weighted by molar-refractivity contribution is 9.08. The zero-order valence-corrected chi connectivity index (χ0v) is 39.2. The average Bonchev–Trinajstić information content (AvgIpc) is 3.22. The van der Waals surface area contributed by atoms with Crippen molar-refractivity contribution in [1.82, 2.24) is 0 Å². The van der Waals surface area contributed by atoms with E-state index < -0.39 is 79.6 Å². The van der Waals surface area contributed by atoms with Crippen molar-refractivity contribution in [2.45, 2.75) is 55.0 Å². The van der Waals surface area contributed by atoms with Crippen molar-refractivity contribution < 1.29 is 65.9 Å². The zero-order valence-electron chi connectivity index (χ0n) is 34.3. The minimum absolute atomic E-state index is 0.00323. The normalized spacial score (nSPS) is 16.2. The molecule has 1 N–H and O–H groups in total. The molecule has 0 aromatic heterocycles. The molecule has 2 saturated heterocycles. The molecule has 0 aliphatic carbocycles. The Balaban J connectivity index is 0.000000230. The lowest BCUT2D eigenvalue weighted by Gasteiger charge is -2.31. The van der Waals surface area contributed by atoms with Crippen molar-refractivity contribution in [2.75, 3.05) is 46.3 Å². The second kappa shape index (κ2) is 21.9. The average molecular weight is 1020 g/mol. The molecule has 2 aliphatic heterocycles. The number of ether oxygens (including phenoxy) is 2. The van der Waals surface area contributed by atoms with Gasteiger partial charge in [-0.25, -0.2) is 56.4 Å². The molecule has 0 saturated carbocycles. The first-order valence-electron chi connectivity index (χ1n) is 19.1. The fourth-order valence-corrected chi connectivity index (χ4v) is 13.8. The van der Waals surface area contributed by atoms with Gasteiger partial charge in [0.05, 0.1) is 76.8 Å². The maximum absolute atomic E-state index is 14.7. The maximum Gasteiger partial charge on any atom is 0.337 e. The molecular formula is C41H46BrF3N2O12S4. The van der Waals surface area contributed by atoms with Gasteiger partial charge in [-0.2, -0.15) is 0 Å². The summed E-state index contributed by atoms with van der Waals surface area (Å²) >= 11 is 3.13. The Morgan fingerprint density at radius 1 is 0.698 bits per heavy atom. The molecule has 0 spiro atoms. The van der Waals surface area contributed by atoms with Crippen molar-refractivity contribution in [3.63, 3.8) is 0 Å². The van der Waals surface area contributed by atoms with E-state index in [1.807, 2.05) is 13.0 Å². The van der Waals surface area contributed by atoms with Crippen LogP contribution in [-0.4, -0.2) is 93.3 Å². The van der Waals surface area contributed by atoms with Crippen LogP contribution in [0.3, 0.4) is 0 Å². The Labute approximate surface area is 374 Å². The minimum atomic E-state index is -3.98. The second-order valence-electron chi connectivity index (χ2n) is 14.5. The predicted octanol–water partition coefficient (Wildman–Crippen LogP) is 6.49. The molecule has 6 rings (SSSR count). The molecule has 0 unspecified atom stereocenters. The summed E-state index contributed by atoms with van der Waals surface area (Å²) in [6.07, 6.45) is 0.146. The predicted molar refractivity (Wildman–Crippen MR) is 237 cm³/mol. The van der Waals surface area contributed by atoms with Crippen molar-refractivity contribution in [3.8, 4) is 0 Å². The van der Waals surface area contributed by atoms with E-state index in [1.54, 1.807) is 24.3 Å². The second-order valence-corrected chi connectivity index (χ2v) is 23.7. The summed E-state index contributed by atoms with van der Waals surface area (Å²) in [6.45, 7) is 1.52. The lowest BCUT2D eigenvalue weighted by atomic mass is 10.1. The molecule has 22 heteroatoms. The molecule has 2 fully saturated rings. The van der Waals surface area contributed by atoms with E-state index in [2.05, 4.69) is 30.1 Å².